The van der Waals surface area contributed by atoms with E-state index in [1.807, 2.05) is 30.3 Å². The van der Waals surface area contributed by atoms with Crippen molar-refractivity contribution in [2.24, 2.45) is 0 Å². The lowest BCUT2D eigenvalue weighted by atomic mass is 9.80. The molecule has 272 valence electrons. The van der Waals surface area contributed by atoms with Gasteiger partial charge in [-0.25, -0.2) is 9.59 Å². The number of methoxy groups -OCH3 is 4. The van der Waals surface area contributed by atoms with Crippen molar-refractivity contribution >= 4 is 33.5 Å². The van der Waals surface area contributed by atoms with Crippen molar-refractivity contribution < 1.29 is 38.4 Å². The van der Waals surface area contributed by atoms with E-state index in [0.717, 1.165) is 26.4 Å². The van der Waals surface area contributed by atoms with Gasteiger partial charge in [-0.05, 0) is 53.1 Å². The van der Waals surface area contributed by atoms with Crippen LogP contribution in [-0.4, -0.2) is 67.8 Å². The number of hydrogen-bond donors (Lipinski definition) is 1. The molecule has 6 rings (SSSR count). The lowest BCUT2D eigenvalue weighted by molar-refractivity contribution is -0.148. The molecule has 0 spiro atoms. The van der Waals surface area contributed by atoms with Gasteiger partial charge in [-0.3, -0.25) is 28.3 Å². The Balaban J connectivity index is 1.53. The lowest BCUT2D eigenvalue weighted by Crippen LogP contribution is -2.41. The molecule has 0 amide bonds. The normalized spacial score (nSPS) is 12.8. The predicted octanol–water partition coefficient (Wildman–Crippen LogP) is 2.36. The first-order chi connectivity index (χ1) is 25.6. The van der Waals surface area contributed by atoms with Crippen LogP contribution in [0.1, 0.15) is 28.8 Å². The van der Waals surface area contributed by atoms with Gasteiger partial charge in [0.1, 0.15) is 17.1 Å². The van der Waals surface area contributed by atoms with Crippen molar-refractivity contribution in [2.75, 3.05) is 41.7 Å². The Bertz CT molecular complexity index is 2390. The maximum atomic E-state index is 14.0. The molecule has 14 heteroatoms. The molecule has 2 heterocycles. The van der Waals surface area contributed by atoms with E-state index in [9.17, 15) is 33.9 Å². The molecule has 14 nitrogen and oxygen atoms in total. The fourth-order valence-electron chi connectivity index (χ4n) is 6.64. The van der Waals surface area contributed by atoms with Crippen molar-refractivity contribution in [3.63, 3.8) is 0 Å². The number of carbonyl (C=O) groups excluding carboxylic acids is 2. The molecule has 2 aromatic heterocycles. The molecule has 4 aromatic carbocycles. The van der Waals surface area contributed by atoms with Crippen molar-refractivity contribution in [1.29, 1.82) is 0 Å². The molecule has 0 radical (unpaired) electrons. The second-order valence-electron chi connectivity index (χ2n) is 12.0. The van der Waals surface area contributed by atoms with E-state index in [1.165, 1.54) is 14.2 Å². The molecular formula is C39H34N2O12. The van der Waals surface area contributed by atoms with Crippen molar-refractivity contribution in [3.8, 4) is 11.5 Å². The second kappa shape index (κ2) is 14.7. The van der Waals surface area contributed by atoms with Gasteiger partial charge < -0.3 is 28.8 Å². The highest BCUT2D eigenvalue weighted by Crippen LogP contribution is 2.42. The van der Waals surface area contributed by atoms with E-state index in [2.05, 4.69) is 4.74 Å². The molecule has 0 aliphatic carbocycles. The zero-order valence-electron chi connectivity index (χ0n) is 29.1. The van der Waals surface area contributed by atoms with Crippen LogP contribution in [0.2, 0.25) is 0 Å². The molecular weight excluding hydrogens is 688 g/mol. The molecule has 53 heavy (non-hydrogen) atoms. The summed E-state index contributed by atoms with van der Waals surface area (Å²) in [5.74, 6) is -0.855. The Labute approximate surface area is 300 Å². The maximum Gasteiger partial charge on any atom is 0.331 e. The van der Waals surface area contributed by atoms with Gasteiger partial charge in [0.05, 0.1) is 63.2 Å². The number of aliphatic hydroxyl groups excluding tert-OH is 1. The summed E-state index contributed by atoms with van der Waals surface area (Å²) >= 11 is 0. The molecule has 0 saturated carbocycles. The van der Waals surface area contributed by atoms with Crippen LogP contribution in [0.25, 0.3) is 21.5 Å². The van der Waals surface area contributed by atoms with E-state index in [1.54, 1.807) is 48.5 Å². The third-order valence-electron chi connectivity index (χ3n) is 9.33. The summed E-state index contributed by atoms with van der Waals surface area (Å²) in [6.07, 6.45) is 0. The molecule has 6 aromatic rings. The monoisotopic (exact) mass is 722 g/mol. The van der Waals surface area contributed by atoms with Gasteiger partial charge in [-0.1, -0.05) is 54.6 Å². The van der Waals surface area contributed by atoms with Gasteiger partial charge in [0, 0.05) is 0 Å². The van der Waals surface area contributed by atoms with Gasteiger partial charge in [0.15, 0.2) is 12.1 Å². The number of rotatable bonds is 13. The summed E-state index contributed by atoms with van der Waals surface area (Å²) in [7, 11) is 5.20. The number of hydrogen-bond acceptors (Lipinski definition) is 12. The molecule has 0 fully saturated rings. The largest absolute Gasteiger partial charge is 0.497 e. The number of aromatic nitrogens is 2. The minimum Gasteiger partial charge on any atom is -0.497 e. The van der Waals surface area contributed by atoms with Gasteiger partial charge in [0.2, 0.25) is 0 Å². The Kier molecular flexibility index (Phi) is 10.1. The molecule has 2 atom stereocenters. The average Bonchev–Trinajstić information content (AvgIpc) is 3.59. The van der Waals surface area contributed by atoms with Crippen LogP contribution in [0, 0.1) is 0 Å². The van der Waals surface area contributed by atoms with E-state index in [4.69, 9.17) is 18.9 Å². The number of fused-ring (bicyclic) bond motifs is 2. The fraction of sp³-hybridized carbons (Fsp3) is 0.231. The second-order valence-corrected chi connectivity index (χ2v) is 12.0. The van der Waals surface area contributed by atoms with Crippen molar-refractivity contribution in [3.05, 3.63) is 149 Å². The number of carbonyl (C=O) groups is 2. The molecule has 0 aliphatic heterocycles. The van der Waals surface area contributed by atoms with Gasteiger partial charge >= 0.3 is 11.9 Å². The Morgan fingerprint density at radius 3 is 1.34 bits per heavy atom. The highest BCUT2D eigenvalue weighted by atomic mass is 16.5. The topological polar surface area (TPSA) is 179 Å². The van der Waals surface area contributed by atoms with Gasteiger partial charge in [-0.15, -0.1) is 0 Å². The predicted molar refractivity (Wildman–Crippen MR) is 192 cm³/mol. The summed E-state index contributed by atoms with van der Waals surface area (Å²) in [4.78, 5) is 80.6. The number of ether oxygens (including phenoxy) is 5. The number of benzene rings is 4. The minimum absolute atomic E-state index is 0.260. The summed E-state index contributed by atoms with van der Waals surface area (Å²) in [6, 6.07) is 22.2. The molecule has 0 bridgehead atoms. The lowest BCUT2D eigenvalue weighted by Gasteiger charge is -2.37. The van der Waals surface area contributed by atoms with E-state index in [0.29, 0.717) is 37.3 Å². The third kappa shape index (κ3) is 6.07. The van der Waals surface area contributed by atoms with E-state index >= 15 is 0 Å². The third-order valence-corrected chi connectivity index (χ3v) is 9.33. The standard InChI is InChI=1S/C39H34N2O12/c1-49-25-14-10-23(11-15-25)39(22-8-6-5-7-9-22,24-12-16-26(50-2)17-13-24)53-21-32(38(48)52-4)41-35(45)29-18-27-28(19-30(29)36(41)46)34(44)40(33(27)43)31(20-42)37(47)51-3/h5-19,31-32,42H,20-21H2,1-4H3. The minimum atomic E-state index is -1.65. The molecule has 1 N–H and O–H groups in total. The summed E-state index contributed by atoms with van der Waals surface area (Å²) in [6.45, 7) is -1.48. The van der Waals surface area contributed by atoms with Crippen LogP contribution in [0.3, 0.4) is 0 Å². The number of aliphatic hydroxyl groups is 1. The van der Waals surface area contributed by atoms with Crippen LogP contribution >= 0.6 is 0 Å². The first kappa shape index (κ1) is 36.4. The zero-order valence-corrected chi connectivity index (χ0v) is 29.1. The quantitative estimate of drug-likeness (QED) is 0.136. The van der Waals surface area contributed by atoms with E-state index < -0.39 is 65.1 Å². The molecule has 0 saturated heterocycles. The van der Waals surface area contributed by atoms with Crippen LogP contribution in [0.15, 0.2) is 110 Å². The summed E-state index contributed by atoms with van der Waals surface area (Å²) in [5, 5.41) is 8.71. The Morgan fingerprint density at radius 2 is 0.962 bits per heavy atom. The van der Waals surface area contributed by atoms with Crippen LogP contribution in [-0.2, 0) is 29.4 Å². The first-order valence-corrected chi connectivity index (χ1v) is 16.2. The zero-order chi connectivity index (χ0) is 38.0. The van der Waals surface area contributed by atoms with Crippen LogP contribution < -0.4 is 31.7 Å². The highest BCUT2D eigenvalue weighted by molar-refractivity contribution is 5.98. The smallest absolute Gasteiger partial charge is 0.331 e. The number of nitrogens with zero attached hydrogens (tertiary/aromatic N) is 2. The Morgan fingerprint density at radius 1 is 0.585 bits per heavy atom. The van der Waals surface area contributed by atoms with Crippen LogP contribution in [0.5, 0.6) is 11.5 Å². The summed E-state index contributed by atoms with van der Waals surface area (Å²) < 4.78 is 28.5. The summed E-state index contributed by atoms with van der Waals surface area (Å²) in [5.41, 5.74) is -3.40. The fourth-order valence-corrected chi connectivity index (χ4v) is 6.64. The Hall–Kier alpha value is -6.38. The maximum absolute atomic E-state index is 14.0. The molecule has 2 unspecified atom stereocenters. The molecule has 0 aliphatic rings. The van der Waals surface area contributed by atoms with E-state index in [-0.39, 0.29) is 21.5 Å². The number of esters is 2. The SMILES string of the molecule is COC(=O)C(CO)n1c(=O)c2cc3c(=O)n(C(COC(c4ccccc4)(c4ccc(OC)cc4)c4ccc(OC)cc4)C(=O)OC)c(=O)c3cc2c1=O. The van der Waals surface area contributed by atoms with Gasteiger partial charge in [-0.2, -0.15) is 0 Å². The van der Waals surface area contributed by atoms with Crippen molar-refractivity contribution in [2.45, 2.75) is 17.7 Å². The van der Waals surface area contributed by atoms with Crippen LogP contribution in [0.4, 0.5) is 0 Å². The van der Waals surface area contributed by atoms with Gasteiger partial charge in [0.25, 0.3) is 22.2 Å². The first-order valence-electron chi connectivity index (χ1n) is 16.2. The average molecular weight is 723 g/mol. The highest BCUT2D eigenvalue weighted by Gasteiger charge is 2.40. The van der Waals surface area contributed by atoms with Crippen molar-refractivity contribution in [1.82, 2.24) is 9.13 Å².